The summed E-state index contributed by atoms with van der Waals surface area (Å²) in [5, 5.41) is 20.5. The zero-order valence-electron chi connectivity index (χ0n) is 23.9. The van der Waals surface area contributed by atoms with Gasteiger partial charge in [-0.25, -0.2) is 9.59 Å². The van der Waals surface area contributed by atoms with E-state index in [-0.39, 0.29) is 24.6 Å². The minimum absolute atomic E-state index is 0.0181. The Labute approximate surface area is 233 Å². The quantitative estimate of drug-likeness (QED) is 0.156. The Morgan fingerprint density at radius 1 is 0.900 bits per heavy atom. The third kappa shape index (κ3) is 13.0. The zero-order chi connectivity index (χ0) is 30.6. The van der Waals surface area contributed by atoms with Gasteiger partial charge in [0.15, 0.2) is 0 Å². The molecule has 0 heterocycles. The van der Waals surface area contributed by atoms with Gasteiger partial charge >= 0.3 is 12.1 Å². The molecule has 222 valence electrons. The van der Waals surface area contributed by atoms with E-state index in [4.69, 9.17) is 9.47 Å². The van der Waals surface area contributed by atoms with Crippen molar-refractivity contribution < 1.29 is 38.4 Å². The van der Waals surface area contributed by atoms with Gasteiger partial charge < -0.3 is 30.7 Å². The van der Waals surface area contributed by atoms with Crippen LogP contribution in [0.25, 0.3) is 0 Å². The molecule has 3 atom stereocenters. The average molecular weight is 566 g/mol. The molecule has 4 N–H and O–H groups in total. The number of nitrogens with one attached hydrogen (secondary N) is 4. The van der Waals surface area contributed by atoms with Gasteiger partial charge in [0.2, 0.25) is 17.7 Å². The number of nitro benzene ring substituents is 1. The molecule has 14 heteroatoms. The number of benzene rings is 1. The SMILES string of the molecule is CC(C)C[C@@H](NC(=O)[C@@H](C)NC(=O)OC(C)(C)C)C(=O)NCC(=O)N[C@@H](C)C(=O)OCc1ccc([N+](=O)[O-])cc1. The van der Waals surface area contributed by atoms with Crippen LogP contribution < -0.4 is 21.3 Å². The van der Waals surface area contributed by atoms with Crippen molar-refractivity contribution in [2.45, 2.75) is 85.2 Å². The summed E-state index contributed by atoms with van der Waals surface area (Å²) in [6, 6.07) is 2.46. The predicted molar refractivity (Wildman–Crippen MR) is 144 cm³/mol. The van der Waals surface area contributed by atoms with Crippen LogP contribution in [0, 0.1) is 16.0 Å². The highest BCUT2D eigenvalue weighted by atomic mass is 16.6. The summed E-state index contributed by atoms with van der Waals surface area (Å²) in [6.07, 6.45) is -0.513. The molecule has 1 rings (SSSR count). The molecule has 40 heavy (non-hydrogen) atoms. The summed E-state index contributed by atoms with van der Waals surface area (Å²) in [7, 11) is 0. The van der Waals surface area contributed by atoms with Crippen molar-refractivity contribution in [2.75, 3.05) is 6.54 Å². The van der Waals surface area contributed by atoms with Crippen LogP contribution in [0.4, 0.5) is 10.5 Å². The molecule has 0 saturated carbocycles. The zero-order valence-corrected chi connectivity index (χ0v) is 23.9. The molecule has 0 spiro atoms. The van der Waals surface area contributed by atoms with Crippen LogP contribution in [0.1, 0.15) is 60.5 Å². The van der Waals surface area contributed by atoms with Crippen LogP contribution in [0.3, 0.4) is 0 Å². The first-order valence-corrected chi connectivity index (χ1v) is 12.8. The lowest BCUT2D eigenvalue weighted by Gasteiger charge is -2.24. The summed E-state index contributed by atoms with van der Waals surface area (Å²) in [6.45, 7) is 11.0. The molecule has 0 aromatic heterocycles. The fourth-order valence-electron chi connectivity index (χ4n) is 3.18. The number of ether oxygens (including phenoxy) is 2. The van der Waals surface area contributed by atoms with Crippen molar-refractivity contribution in [3.05, 3.63) is 39.9 Å². The second-order valence-corrected chi connectivity index (χ2v) is 10.6. The first kappa shape index (κ1) is 33.8. The van der Waals surface area contributed by atoms with Crippen molar-refractivity contribution in [1.82, 2.24) is 21.3 Å². The van der Waals surface area contributed by atoms with Crippen molar-refractivity contribution >= 4 is 35.5 Å². The highest BCUT2D eigenvalue weighted by Gasteiger charge is 2.27. The van der Waals surface area contributed by atoms with E-state index < -0.39 is 65.0 Å². The largest absolute Gasteiger partial charge is 0.459 e. The van der Waals surface area contributed by atoms with Crippen LogP contribution in [-0.4, -0.2) is 65.0 Å². The minimum Gasteiger partial charge on any atom is -0.459 e. The number of carbonyl (C=O) groups excluding carboxylic acids is 5. The monoisotopic (exact) mass is 565 g/mol. The molecular formula is C26H39N5O9. The number of amides is 4. The molecule has 1 aromatic carbocycles. The molecule has 0 fully saturated rings. The fraction of sp³-hybridized carbons (Fsp3) is 0.577. The number of non-ortho nitro benzene ring substituents is 1. The van der Waals surface area contributed by atoms with Crippen molar-refractivity contribution in [3.63, 3.8) is 0 Å². The summed E-state index contributed by atoms with van der Waals surface area (Å²) >= 11 is 0. The first-order valence-electron chi connectivity index (χ1n) is 12.8. The summed E-state index contributed by atoms with van der Waals surface area (Å²) in [5.74, 6) is -2.61. The number of carbonyl (C=O) groups is 5. The second-order valence-electron chi connectivity index (χ2n) is 10.6. The highest BCUT2D eigenvalue weighted by Crippen LogP contribution is 2.13. The van der Waals surface area contributed by atoms with E-state index in [1.165, 1.54) is 38.1 Å². The van der Waals surface area contributed by atoms with Crippen molar-refractivity contribution in [2.24, 2.45) is 5.92 Å². The molecule has 0 unspecified atom stereocenters. The number of hydrogen-bond acceptors (Lipinski definition) is 9. The highest BCUT2D eigenvalue weighted by molar-refractivity contribution is 5.93. The smallest absolute Gasteiger partial charge is 0.408 e. The molecule has 0 aliphatic rings. The lowest BCUT2D eigenvalue weighted by molar-refractivity contribution is -0.384. The molecule has 14 nitrogen and oxygen atoms in total. The molecule has 1 aromatic rings. The molecule has 0 bridgehead atoms. The van der Waals surface area contributed by atoms with Gasteiger partial charge in [0.1, 0.15) is 30.3 Å². The van der Waals surface area contributed by atoms with E-state index in [1.54, 1.807) is 20.8 Å². The molecule has 0 aliphatic carbocycles. The van der Waals surface area contributed by atoms with Gasteiger partial charge in [-0.1, -0.05) is 13.8 Å². The summed E-state index contributed by atoms with van der Waals surface area (Å²) < 4.78 is 10.3. The third-order valence-corrected chi connectivity index (χ3v) is 5.15. The van der Waals surface area contributed by atoms with Gasteiger partial charge in [-0.3, -0.25) is 24.5 Å². The van der Waals surface area contributed by atoms with Crippen LogP contribution >= 0.6 is 0 Å². The number of nitrogens with zero attached hydrogens (tertiary/aromatic N) is 1. The van der Waals surface area contributed by atoms with Gasteiger partial charge in [0, 0.05) is 12.1 Å². The maximum atomic E-state index is 12.7. The molecule has 0 aliphatic heterocycles. The van der Waals surface area contributed by atoms with E-state index in [0.29, 0.717) is 5.56 Å². The van der Waals surface area contributed by atoms with Gasteiger partial charge in [0.05, 0.1) is 11.5 Å². The van der Waals surface area contributed by atoms with Crippen molar-refractivity contribution in [3.8, 4) is 0 Å². The Morgan fingerprint density at radius 3 is 2.02 bits per heavy atom. The van der Waals surface area contributed by atoms with E-state index in [9.17, 15) is 34.1 Å². The van der Waals surface area contributed by atoms with E-state index in [0.717, 1.165) is 0 Å². The van der Waals surface area contributed by atoms with Gasteiger partial charge in [-0.05, 0) is 64.7 Å². The van der Waals surface area contributed by atoms with Crippen molar-refractivity contribution in [1.29, 1.82) is 0 Å². The lowest BCUT2D eigenvalue weighted by atomic mass is 10.0. The third-order valence-electron chi connectivity index (χ3n) is 5.15. The normalized spacial score (nSPS) is 13.3. The molecule has 0 radical (unpaired) electrons. The Hall–Kier alpha value is -4.23. The maximum Gasteiger partial charge on any atom is 0.408 e. The van der Waals surface area contributed by atoms with Crippen LogP contribution in [-0.2, 0) is 35.3 Å². The Kier molecular flexibility index (Phi) is 13.0. The van der Waals surface area contributed by atoms with Crippen LogP contribution in [0.2, 0.25) is 0 Å². The van der Waals surface area contributed by atoms with E-state index in [1.807, 2.05) is 13.8 Å². The standard InChI is InChI=1S/C26H39N5O9/c1-15(2)12-20(30-22(33)16(3)29-25(36)40-26(5,6)7)23(34)27-13-21(32)28-17(4)24(35)39-14-18-8-10-19(11-9-18)31(37)38/h8-11,15-17,20H,12-14H2,1-7H3,(H,27,34)(H,28,32)(H,29,36)(H,30,33)/t16-,17+,20-/m1/s1. The molecule has 4 amide bonds. The maximum absolute atomic E-state index is 12.7. The lowest BCUT2D eigenvalue weighted by Crippen LogP contribution is -2.54. The Balaban J connectivity index is 2.57. The first-order chi connectivity index (χ1) is 18.5. The second kappa shape index (κ2) is 15.4. The molecule has 0 saturated heterocycles. The number of esters is 1. The van der Waals surface area contributed by atoms with Crippen LogP contribution in [0.15, 0.2) is 24.3 Å². The van der Waals surface area contributed by atoms with E-state index >= 15 is 0 Å². The number of alkyl carbamates (subject to hydrolysis) is 1. The van der Waals surface area contributed by atoms with Gasteiger partial charge in [-0.2, -0.15) is 0 Å². The Morgan fingerprint density at radius 2 is 1.50 bits per heavy atom. The van der Waals surface area contributed by atoms with Gasteiger partial charge in [-0.15, -0.1) is 0 Å². The topological polar surface area (TPSA) is 195 Å². The van der Waals surface area contributed by atoms with Gasteiger partial charge in [0.25, 0.3) is 5.69 Å². The van der Waals surface area contributed by atoms with E-state index in [2.05, 4.69) is 21.3 Å². The molecular weight excluding hydrogens is 526 g/mol. The van der Waals surface area contributed by atoms with Crippen LogP contribution in [0.5, 0.6) is 0 Å². The summed E-state index contributed by atoms with van der Waals surface area (Å²) in [4.78, 5) is 72.0. The number of rotatable bonds is 13. The number of hydrogen-bond donors (Lipinski definition) is 4. The summed E-state index contributed by atoms with van der Waals surface area (Å²) in [5.41, 5.74) is -0.318. The average Bonchev–Trinajstić information content (AvgIpc) is 2.83. The predicted octanol–water partition coefficient (Wildman–Crippen LogP) is 1.70. The minimum atomic E-state index is -1.03. The Bertz CT molecular complexity index is 1070. The number of nitro groups is 1. The fourth-order valence-corrected chi connectivity index (χ4v) is 3.18.